The highest BCUT2D eigenvalue weighted by Crippen LogP contribution is 2.20. The summed E-state index contributed by atoms with van der Waals surface area (Å²) >= 11 is 1.33. The molecule has 0 aliphatic carbocycles. The molecule has 0 unspecified atom stereocenters. The quantitative estimate of drug-likeness (QED) is 0.432. The van der Waals surface area contributed by atoms with Crippen LogP contribution in [0.3, 0.4) is 0 Å². The van der Waals surface area contributed by atoms with Crippen molar-refractivity contribution >= 4 is 23.4 Å². The molecule has 0 fully saturated rings. The maximum atomic E-state index is 12.2. The average Bonchev–Trinajstić information content (AvgIpc) is 3.21. The van der Waals surface area contributed by atoms with Crippen molar-refractivity contribution in [3.8, 4) is 5.69 Å². The number of hydrogen-bond acceptors (Lipinski definition) is 6. The Morgan fingerprint density at radius 2 is 1.93 bits per heavy atom. The van der Waals surface area contributed by atoms with E-state index in [1.54, 1.807) is 4.68 Å². The summed E-state index contributed by atoms with van der Waals surface area (Å²) in [6.45, 7) is 5.64. The van der Waals surface area contributed by atoms with E-state index in [4.69, 9.17) is 0 Å². The largest absolute Gasteiger partial charge is 0.375 e. The fraction of sp³-hybridized carbons (Fsp3) is 0.333. The fourth-order valence-corrected chi connectivity index (χ4v) is 3.55. The summed E-state index contributed by atoms with van der Waals surface area (Å²) in [6.07, 6.45) is 0.877. The van der Waals surface area contributed by atoms with Crippen LogP contribution in [-0.4, -0.2) is 52.0 Å². The number of aryl methyl sites for hydroxylation is 2. The molecule has 1 aromatic heterocycles. The lowest BCUT2D eigenvalue weighted by molar-refractivity contribution is -0.118. The molecule has 3 aromatic rings. The Kier molecular flexibility index (Phi) is 7.24. The van der Waals surface area contributed by atoms with Gasteiger partial charge in [-0.05, 0) is 66.1 Å². The van der Waals surface area contributed by atoms with Crippen LogP contribution >= 0.6 is 11.8 Å². The van der Waals surface area contributed by atoms with Crippen molar-refractivity contribution in [2.75, 3.05) is 30.8 Å². The van der Waals surface area contributed by atoms with Gasteiger partial charge < -0.3 is 10.2 Å². The molecule has 1 amide bonds. The van der Waals surface area contributed by atoms with E-state index in [1.807, 2.05) is 36.4 Å². The van der Waals surface area contributed by atoms with Gasteiger partial charge in [0.1, 0.15) is 0 Å². The summed E-state index contributed by atoms with van der Waals surface area (Å²) in [5, 5.41) is 15.4. The molecule has 1 N–H and O–H groups in total. The first kappa shape index (κ1) is 20.9. The third-order valence-electron chi connectivity index (χ3n) is 4.70. The van der Waals surface area contributed by atoms with Gasteiger partial charge in [0.15, 0.2) is 0 Å². The molecular formula is C21H26N6OS. The van der Waals surface area contributed by atoms with Gasteiger partial charge >= 0.3 is 0 Å². The molecule has 8 heteroatoms. The summed E-state index contributed by atoms with van der Waals surface area (Å²) < 4.78 is 1.67. The smallest absolute Gasteiger partial charge is 0.230 e. The van der Waals surface area contributed by atoms with Crippen molar-refractivity contribution in [1.82, 2.24) is 25.5 Å². The number of carbonyl (C=O) groups is 1. The Balaban J connectivity index is 1.43. The van der Waals surface area contributed by atoms with E-state index in [0.29, 0.717) is 11.7 Å². The molecule has 0 aliphatic heterocycles. The number of anilines is 1. The minimum Gasteiger partial charge on any atom is -0.375 e. The monoisotopic (exact) mass is 410 g/mol. The van der Waals surface area contributed by atoms with E-state index in [0.717, 1.165) is 18.7 Å². The third-order valence-corrected chi connectivity index (χ3v) is 5.62. The molecule has 0 spiro atoms. The SMILES string of the molecule is Cc1ccc(-n2nnnc2SCC(=O)NCCCN(C)c2ccccc2)cc1C. The minimum absolute atomic E-state index is 0.0213. The summed E-state index contributed by atoms with van der Waals surface area (Å²) in [5.74, 6) is 0.256. The second-order valence-electron chi connectivity index (χ2n) is 6.89. The van der Waals surface area contributed by atoms with Gasteiger partial charge in [-0.25, -0.2) is 0 Å². The van der Waals surface area contributed by atoms with Gasteiger partial charge in [0.05, 0.1) is 11.4 Å². The van der Waals surface area contributed by atoms with Crippen LogP contribution in [0.15, 0.2) is 53.7 Å². The van der Waals surface area contributed by atoms with E-state index >= 15 is 0 Å². The Morgan fingerprint density at radius 1 is 1.14 bits per heavy atom. The lowest BCUT2D eigenvalue weighted by Crippen LogP contribution is -2.29. The number of thioether (sulfide) groups is 1. The fourth-order valence-electron chi connectivity index (χ4n) is 2.83. The van der Waals surface area contributed by atoms with Crippen molar-refractivity contribution in [2.24, 2.45) is 0 Å². The van der Waals surface area contributed by atoms with E-state index < -0.39 is 0 Å². The second-order valence-corrected chi connectivity index (χ2v) is 7.83. The molecular weight excluding hydrogens is 384 g/mol. The molecule has 0 saturated carbocycles. The molecule has 0 atom stereocenters. The van der Waals surface area contributed by atoms with Crippen molar-refractivity contribution in [2.45, 2.75) is 25.4 Å². The van der Waals surface area contributed by atoms with Crippen LogP contribution in [0.4, 0.5) is 5.69 Å². The minimum atomic E-state index is -0.0213. The average molecular weight is 411 g/mol. The number of rotatable bonds is 9. The number of hydrogen-bond donors (Lipinski definition) is 1. The molecule has 1 heterocycles. The lowest BCUT2D eigenvalue weighted by atomic mass is 10.1. The van der Waals surface area contributed by atoms with Gasteiger partial charge in [0, 0.05) is 25.8 Å². The Labute approximate surface area is 175 Å². The molecule has 0 aliphatic rings. The van der Waals surface area contributed by atoms with Crippen LogP contribution < -0.4 is 10.2 Å². The van der Waals surface area contributed by atoms with Gasteiger partial charge in [-0.2, -0.15) is 4.68 Å². The first-order valence-corrected chi connectivity index (χ1v) is 10.5. The molecule has 0 saturated heterocycles. The number of carbonyl (C=O) groups excluding carboxylic acids is 1. The number of para-hydroxylation sites is 1. The third kappa shape index (κ3) is 5.80. The summed E-state index contributed by atoms with van der Waals surface area (Å²) in [5.41, 5.74) is 4.46. The van der Waals surface area contributed by atoms with Crippen LogP contribution in [0.25, 0.3) is 5.69 Å². The highest BCUT2D eigenvalue weighted by atomic mass is 32.2. The molecule has 0 radical (unpaired) electrons. The number of tetrazole rings is 1. The normalized spacial score (nSPS) is 10.7. The van der Waals surface area contributed by atoms with Crippen molar-refractivity contribution in [1.29, 1.82) is 0 Å². The predicted molar refractivity (Wildman–Crippen MR) is 117 cm³/mol. The van der Waals surface area contributed by atoms with Gasteiger partial charge in [-0.1, -0.05) is 36.0 Å². The highest BCUT2D eigenvalue weighted by molar-refractivity contribution is 7.99. The summed E-state index contributed by atoms with van der Waals surface area (Å²) in [4.78, 5) is 14.4. The zero-order chi connectivity index (χ0) is 20.6. The number of aromatic nitrogens is 4. The second kappa shape index (κ2) is 10.1. The van der Waals surface area contributed by atoms with Gasteiger partial charge in [-0.3, -0.25) is 4.79 Å². The maximum absolute atomic E-state index is 12.2. The van der Waals surface area contributed by atoms with Gasteiger partial charge in [0.2, 0.25) is 11.1 Å². The molecule has 29 heavy (non-hydrogen) atoms. The van der Waals surface area contributed by atoms with E-state index in [-0.39, 0.29) is 11.7 Å². The zero-order valence-electron chi connectivity index (χ0n) is 17.0. The number of amides is 1. The number of benzene rings is 2. The number of nitrogens with zero attached hydrogens (tertiary/aromatic N) is 5. The molecule has 3 rings (SSSR count). The predicted octanol–water partition coefficient (Wildman–Crippen LogP) is 3.01. The summed E-state index contributed by atoms with van der Waals surface area (Å²) in [6, 6.07) is 16.3. The van der Waals surface area contributed by atoms with Gasteiger partial charge in [-0.15, -0.1) is 5.10 Å². The first-order valence-electron chi connectivity index (χ1n) is 9.56. The lowest BCUT2D eigenvalue weighted by Gasteiger charge is -2.19. The Morgan fingerprint density at radius 3 is 2.69 bits per heavy atom. The van der Waals surface area contributed by atoms with Crippen LogP contribution in [-0.2, 0) is 4.79 Å². The summed E-state index contributed by atoms with van der Waals surface area (Å²) in [7, 11) is 2.06. The Hall–Kier alpha value is -2.87. The highest BCUT2D eigenvalue weighted by Gasteiger charge is 2.12. The van der Waals surface area contributed by atoms with Crippen LogP contribution in [0.1, 0.15) is 17.5 Å². The number of nitrogens with one attached hydrogen (secondary N) is 1. The zero-order valence-corrected chi connectivity index (χ0v) is 17.8. The van der Waals surface area contributed by atoms with Crippen LogP contribution in [0, 0.1) is 13.8 Å². The first-order chi connectivity index (χ1) is 14.0. The molecule has 7 nitrogen and oxygen atoms in total. The Bertz CT molecular complexity index is 943. The topological polar surface area (TPSA) is 75.9 Å². The van der Waals surface area contributed by atoms with E-state index in [9.17, 15) is 4.79 Å². The van der Waals surface area contributed by atoms with Crippen LogP contribution in [0.5, 0.6) is 0 Å². The van der Waals surface area contributed by atoms with Crippen molar-refractivity contribution in [3.63, 3.8) is 0 Å². The molecule has 2 aromatic carbocycles. The van der Waals surface area contributed by atoms with E-state index in [1.165, 1.54) is 28.6 Å². The maximum Gasteiger partial charge on any atom is 0.230 e. The van der Waals surface area contributed by atoms with Crippen LogP contribution in [0.2, 0.25) is 0 Å². The van der Waals surface area contributed by atoms with E-state index in [2.05, 4.69) is 58.8 Å². The van der Waals surface area contributed by atoms with Gasteiger partial charge in [0.25, 0.3) is 0 Å². The molecule has 152 valence electrons. The molecule has 0 bridgehead atoms. The van der Waals surface area contributed by atoms with Crippen molar-refractivity contribution in [3.05, 3.63) is 59.7 Å². The standard InChI is InChI=1S/C21H26N6OS/c1-16-10-11-19(14-17(16)2)27-21(23-24-25-27)29-15-20(28)22-12-7-13-26(3)18-8-5-4-6-9-18/h4-6,8-11,14H,7,12-13,15H2,1-3H3,(H,22,28). The van der Waals surface area contributed by atoms with Crippen molar-refractivity contribution < 1.29 is 4.79 Å².